The first kappa shape index (κ1) is 19.4. The molecule has 3 atom stereocenters. The Hall–Kier alpha value is -1.92. The molecule has 0 aromatic carbocycles. The van der Waals surface area contributed by atoms with Crippen molar-refractivity contribution >= 4 is 23.1 Å². The number of ether oxygens (including phenoxy) is 2. The number of thiophene rings is 1. The van der Waals surface area contributed by atoms with Crippen LogP contribution in [-0.4, -0.2) is 31.1 Å². The molecular weight excluding hydrogens is 374 g/mol. The van der Waals surface area contributed by atoms with E-state index in [0.29, 0.717) is 12.1 Å². The Bertz CT molecular complexity index is 818. The highest BCUT2D eigenvalue weighted by Crippen LogP contribution is 2.49. The lowest BCUT2D eigenvalue weighted by Crippen LogP contribution is -2.43. The van der Waals surface area contributed by atoms with Crippen LogP contribution < -0.4 is 5.32 Å². The van der Waals surface area contributed by atoms with E-state index in [1.807, 2.05) is 17.5 Å². The second-order valence-corrected chi connectivity index (χ2v) is 9.70. The van der Waals surface area contributed by atoms with Gasteiger partial charge in [0.05, 0.1) is 6.10 Å². The normalized spacial score (nSPS) is 29.4. The minimum atomic E-state index is -0.607. The zero-order chi connectivity index (χ0) is 19.9. The summed E-state index contributed by atoms with van der Waals surface area (Å²) in [5, 5.41) is 5.27. The summed E-state index contributed by atoms with van der Waals surface area (Å²) in [5.41, 5.74) is 2.15. The number of rotatable bonds is 4. The van der Waals surface area contributed by atoms with Crippen LogP contribution in [0.25, 0.3) is 0 Å². The molecule has 6 heteroatoms. The summed E-state index contributed by atoms with van der Waals surface area (Å²) in [7, 11) is 0. The molecule has 3 unspecified atom stereocenters. The third kappa shape index (κ3) is 3.67. The Labute approximate surface area is 169 Å². The van der Waals surface area contributed by atoms with Crippen molar-refractivity contribution < 1.29 is 19.1 Å². The Morgan fingerprint density at radius 2 is 2.25 bits per heavy atom. The highest BCUT2D eigenvalue weighted by Gasteiger charge is 2.47. The van der Waals surface area contributed by atoms with E-state index in [2.05, 4.69) is 25.7 Å². The number of esters is 1. The number of Topliss-reactive ketones (excluding diaryl/α,β-unsaturated/α-hetero) is 1. The molecule has 5 nitrogen and oxygen atoms in total. The molecule has 1 aromatic heterocycles. The fraction of sp³-hybridized carbons (Fsp3) is 0.545. The van der Waals surface area contributed by atoms with Gasteiger partial charge in [-0.2, -0.15) is 0 Å². The van der Waals surface area contributed by atoms with Gasteiger partial charge in [0.1, 0.15) is 12.5 Å². The van der Waals surface area contributed by atoms with Crippen molar-refractivity contribution in [2.45, 2.75) is 51.6 Å². The first-order valence-electron chi connectivity index (χ1n) is 9.89. The quantitative estimate of drug-likeness (QED) is 0.775. The molecule has 150 valence electrons. The molecule has 0 saturated carbocycles. The van der Waals surface area contributed by atoms with E-state index in [9.17, 15) is 9.59 Å². The van der Waals surface area contributed by atoms with Gasteiger partial charge < -0.3 is 14.8 Å². The molecule has 4 rings (SSSR count). The maximum absolute atomic E-state index is 13.1. The monoisotopic (exact) mass is 401 g/mol. The number of hydrogen-bond donors (Lipinski definition) is 1. The lowest BCUT2D eigenvalue weighted by Gasteiger charge is -2.41. The Balaban J connectivity index is 1.66. The molecule has 2 aliphatic heterocycles. The van der Waals surface area contributed by atoms with E-state index in [0.717, 1.165) is 42.0 Å². The van der Waals surface area contributed by atoms with Crippen molar-refractivity contribution in [2.24, 2.45) is 11.3 Å². The first-order chi connectivity index (χ1) is 13.4. The average molecular weight is 402 g/mol. The van der Waals surface area contributed by atoms with Crippen molar-refractivity contribution in [3.8, 4) is 0 Å². The van der Waals surface area contributed by atoms with E-state index >= 15 is 0 Å². The minimum absolute atomic E-state index is 0.0270. The summed E-state index contributed by atoms with van der Waals surface area (Å²) in [6.45, 7) is 9.31. The van der Waals surface area contributed by atoms with Crippen LogP contribution in [0.3, 0.4) is 0 Å². The van der Waals surface area contributed by atoms with Gasteiger partial charge in [0, 0.05) is 40.8 Å². The molecule has 0 amide bonds. The van der Waals surface area contributed by atoms with Gasteiger partial charge >= 0.3 is 5.97 Å². The zero-order valence-corrected chi connectivity index (χ0v) is 17.3. The predicted molar refractivity (Wildman–Crippen MR) is 108 cm³/mol. The molecule has 1 aliphatic carbocycles. The molecule has 1 N–H and O–H groups in total. The fourth-order valence-electron chi connectivity index (χ4n) is 4.54. The number of carbonyl (C=O) groups is 2. The Kier molecular flexibility index (Phi) is 5.19. The maximum atomic E-state index is 13.1. The molecule has 0 radical (unpaired) electrons. The number of hydrogen-bond acceptors (Lipinski definition) is 6. The SMILES string of the molecule is C=C1NC2=C(C(=O)CC(C)(C)C2)C(c2cccs2)C1C(=O)OCC1CCCO1. The van der Waals surface area contributed by atoms with Crippen molar-refractivity contribution in [1.29, 1.82) is 0 Å². The van der Waals surface area contributed by atoms with Gasteiger partial charge in [-0.1, -0.05) is 26.5 Å². The molecule has 1 aromatic rings. The largest absolute Gasteiger partial charge is 0.462 e. The standard InChI is InChI=1S/C22H27NO4S/c1-13-18(21(25)27-12-14-6-4-8-26-14)20(17-7-5-9-28-17)19-15(23-13)10-22(2,3)11-16(19)24/h5,7,9,14,18,20,23H,1,4,6,8,10-12H2,2-3H3. The van der Waals surface area contributed by atoms with Gasteiger partial charge in [-0.3, -0.25) is 9.59 Å². The van der Waals surface area contributed by atoms with E-state index in [-0.39, 0.29) is 35.8 Å². The van der Waals surface area contributed by atoms with Crippen LogP contribution in [0.5, 0.6) is 0 Å². The van der Waals surface area contributed by atoms with E-state index in [1.54, 1.807) is 11.3 Å². The summed E-state index contributed by atoms with van der Waals surface area (Å²) in [6.07, 6.45) is 3.14. The van der Waals surface area contributed by atoms with E-state index in [1.165, 1.54) is 0 Å². The van der Waals surface area contributed by atoms with E-state index < -0.39 is 5.92 Å². The van der Waals surface area contributed by atoms with Crippen molar-refractivity contribution in [1.82, 2.24) is 5.32 Å². The molecule has 1 saturated heterocycles. The van der Waals surface area contributed by atoms with Gasteiger partial charge in [-0.15, -0.1) is 11.3 Å². The third-order valence-corrected chi connectivity index (χ3v) is 6.75. The maximum Gasteiger partial charge on any atom is 0.316 e. The second-order valence-electron chi connectivity index (χ2n) is 8.72. The zero-order valence-electron chi connectivity index (χ0n) is 16.5. The molecule has 0 spiro atoms. The highest BCUT2D eigenvalue weighted by atomic mass is 32.1. The van der Waals surface area contributed by atoms with Gasteiger partial charge in [-0.05, 0) is 36.1 Å². The van der Waals surface area contributed by atoms with Crippen molar-refractivity contribution in [3.05, 3.63) is 45.9 Å². The fourth-order valence-corrected chi connectivity index (χ4v) is 5.41. The summed E-state index contributed by atoms with van der Waals surface area (Å²) in [4.78, 5) is 27.2. The Morgan fingerprint density at radius 3 is 2.93 bits per heavy atom. The van der Waals surface area contributed by atoms with Crippen molar-refractivity contribution in [3.63, 3.8) is 0 Å². The van der Waals surface area contributed by atoms with Crippen LogP contribution in [0.2, 0.25) is 0 Å². The second kappa shape index (κ2) is 7.48. The lowest BCUT2D eigenvalue weighted by atomic mass is 9.68. The summed E-state index contributed by atoms with van der Waals surface area (Å²) in [6, 6.07) is 3.95. The topological polar surface area (TPSA) is 64.6 Å². The van der Waals surface area contributed by atoms with Crippen LogP contribution in [0.15, 0.2) is 41.1 Å². The van der Waals surface area contributed by atoms with Gasteiger partial charge in [0.15, 0.2) is 5.78 Å². The molecule has 28 heavy (non-hydrogen) atoms. The first-order valence-corrected chi connectivity index (χ1v) is 10.8. The van der Waals surface area contributed by atoms with Gasteiger partial charge in [-0.25, -0.2) is 0 Å². The van der Waals surface area contributed by atoms with Crippen LogP contribution in [-0.2, 0) is 19.1 Å². The summed E-state index contributed by atoms with van der Waals surface area (Å²) in [5.74, 6) is -1.16. The number of ketones is 1. The van der Waals surface area contributed by atoms with E-state index in [4.69, 9.17) is 9.47 Å². The minimum Gasteiger partial charge on any atom is -0.462 e. The van der Waals surface area contributed by atoms with Crippen LogP contribution in [0.1, 0.15) is 50.3 Å². The average Bonchev–Trinajstić information content (AvgIpc) is 3.31. The molecule has 1 fully saturated rings. The summed E-state index contributed by atoms with van der Waals surface area (Å²) >= 11 is 1.57. The molecule has 3 heterocycles. The predicted octanol–water partition coefficient (Wildman–Crippen LogP) is 3.93. The lowest BCUT2D eigenvalue weighted by molar-refractivity contribution is -0.151. The molecule has 0 bridgehead atoms. The number of carbonyl (C=O) groups excluding carboxylic acids is 2. The molecular formula is C22H27NO4S. The number of allylic oxidation sites excluding steroid dienone is 2. The molecule has 3 aliphatic rings. The van der Waals surface area contributed by atoms with Crippen LogP contribution in [0, 0.1) is 11.3 Å². The van der Waals surface area contributed by atoms with Crippen LogP contribution in [0.4, 0.5) is 0 Å². The third-order valence-electron chi connectivity index (χ3n) is 5.79. The smallest absolute Gasteiger partial charge is 0.316 e. The van der Waals surface area contributed by atoms with Crippen LogP contribution >= 0.6 is 11.3 Å². The van der Waals surface area contributed by atoms with Crippen molar-refractivity contribution in [2.75, 3.05) is 13.2 Å². The van der Waals surface area contributed by atoms with Gasteiger partial charge in [0.2, 0.25) is 0 Å². The highest BCUT2D eigenvalue weighted by molar-refractivity contribution is 7.10. The van der Waals surface area contributed by atoms with Gasteiger partial charge in [0.25, 0.3) is 0 Å². The number of nitrogens with one attached hydrogen (secondary N) is 1. The summed E-state index contributed by atoms with van der Waals surface area (Å²) < 4.78 is 11.2. The Morgan fingerprint density at radius 1 is 1.43 bits per heavy atom.